The van der Waals surface area contributed by atoms with E-state index < -0.39 is 0 Å². The number of nitrogens with one attached hydrogen (secondary N) is 4. The Kier molecular flexibility index (Phi) is 10.5. The van der Waals surface area contributed by atoms with Crippen LogP contribution in [0.5, 0.6) is 0 Å². The van der Waals surface area contributed by atoms with Gasteiger partial charge in [-0.3, -0.25) is 9.97 Å². The molecule has 0 aliphatic carbocycles. The number of pyridine rings is 2. The van der Waals surface area contributed by atoms with Crippen molar-refractivity contribution in [1.29, 1.82) is 0 Å². The predicted molar refractivity (Wildman–Crippen MR) is 102 cm³/mol. The largest absolute Gasteiger partial charge is 0.315 e. The molecule has 0 amide bonds. The molecule has 0 fully saturated rings. The van der Waals surface area contributed by atoms with Gasteiger partial charge in [0.2, 0.25) is 0 Å². The van der Waals surface area contributed by atoms with Crippen LogP contribution >= 0.6 is 0 Å². The zero-order valence-electron chi connectivity index (χ0n) is 14.9. The number of nitrogens with zero attached hydrogens (tertiary/aromatic N) is 2. The fourth-order valence-corrected chi connectivity index (χ4v) is 2.38. The molecule has 0 atom stereocenters. The molecule has 2 aromatic rings. The Morgan fingerprint density at radius 2 is 1.04 bits per heavy atom. The average molecular weight is 342 g/mol. The molecule has 0 aliphatic heterocycles. The van der Waals surface area contributed by atoms with Crippen molar-refractivity contribution in [3.05, 3.63) is 60.2 Å². The van der Waals surface area contributed by atoms with Crippen LogP contribution in [-0.2, 0) is 13.1 Å². The number of aromatic nitrogens is 2. The smallest absolute Gasteiger partial charge is 0.0541 e. The number of hydrogen-bond acceptors (Lipinski definition) is 6. The van der Waals surface area contributed by atoms with E-state index in [1.807, 2.05) is 48.8 Å². The maximum absolute atomic E-state index is 4.29. The second-order valence-corrected chi connectivity index (χ2v) is 5.85. The molecule has 0 spiro atoms. The van der Waals surface area contributed by atoms with Crippen molar-refractivity contribution in [2.75, 3.05) is 39.3 Å². The molecule has 4 N–H and O–H groups in total. The summed E-state index contributed by atoms with van der Waals surface area (Å²) in [6.45, 7) is 7.63. The van der Waals surface area contributed by atoms with E-state index in [-0.39, 0.29) is 0 Å². The summed E-state index contributed by atoms with van der Waals surface area (Å²) in [6.07, 6.45) is 4.80. The molecule has 6 nitrogen and oxygen atoms in total. The van der Waals surface area contributed by atoms with E-state index in [0.717, 1.165) is 70.2 Å². The molecule has 2 heterocycles. The van der Waals surface area contributed by atoms with E-state index in [1.165, 1.54) is 0 Å². The third-order valence-corrected chi connectivity index (χ3v) is 3.73. The van der Waals surface area contributed by atoms with Crippen LogP contribution in [0.3, 0.4) is 0 Å². The van der Waals surface area contributed by atoms with E-state index in [4.69, 9.17) is 0 Å². The highest BCUT2D eigenvalue weighted by atomic mass is 15.0. The third-order valence-electron chi connectivity index (χ3n) is 3.73. The SMILES string of the molecule is c1ccc(CNCCNCCCNCCNCc2ccccn2)nc1. The molecule has 0 unspecified atom stereocenters. The first kappa shape index (κ1) is 19.5. The Morgan fingerprint density at radius 3 is 1.48 bits per heavy atom. The zero-order chi connectivity index (χ0) is 17.4. The molecule has 2 rings (SSSR count). The third kappa shape index (κ3) is 9.89. The summed E-state index contributed by atoms with van der Waals surface area (Å²) >= 11 is 0. The summed E-state index contributed by atoms with van der Waals surface area (Å²) in [7, 11) is 0. The fourth-order valence-electron chi connectivity index (χ4n) is 2.38. The summed E-state index contributed by atoms with van der Waals surface area (Å²) in [5, 5.41) is 13.7. The summed E-state index contributed by atoms with van der Waals surface area (Å²) in [5.74, 6) is 0. The van der Waals surface area contributed by atoms with Crippen molar-refractivity contribution in [3.63, 3.8) is 0 Å². The first-order chi connectivity index (χ1) is 12.4. The van der Waals surface area contributed by atoms with Gasteiger partial charge in [-0.05, 0) is 43.8 Å². The lowest BCUT2D eigenvalue weighted by atomic mass is 10.3. The summed E-state index contributed by atoms with van der Waals surface area (Å²) in [6, 6.07) is 12.0. The van der Waals surface area contributed by atoms with Gasteiger partial charge in [-0.25, -0.2) is 0 Å². The molecule has 0 aliphatic rings. The lowest BCUT2D eigenvalue weighted by Gasteiger charge is -2.08. The molecule has 0 saturated carbocycles. The van der Waals surface area contributed by atoms with Crippen LogP contribution in [0.25, 0.3) is 0 Å². The minimum absolute atomic E-state index is 0.829. The quantitative estimate of drug-likeness (QED) is 0.383. The molecule has 0 aromatic carbocycles. The Balaban J connectivity index is 1.30. The standard InChI is InChI=1S/C19H30N6/c1-3-10-24-18(6-1)16-22-14-12-20-8-5-9-21-13-15-23-17-19-7-2-4-11-25-19/h1-4,6-7,10-11,20-23H,5,8-9,12-17H2. The highest BCUT2D eigenvalue weighted by Crippen LogP contribution is 1.91. The first-order valence-corrected chi connectivity index (χ1v) is 9.08. The van der Waals surface area contributed by atoms with Gasteiger partial charge in [-0.2, -0.15) is 0 Å². The monoisotopic (exact) mass is 342 g/mol. The minimum atomic E-state index is 0.829. The van der Waals surface area contributed by atoms with Crippen molar-refractivity contribution in [3.8, 4) is 0 Å². The maximum Gasteiger partial charge on any atom is 0.0541 e. The lowest BCUT2D eigenvalue weighted by Crippen LogP contribution is -2.31. The Hall–Kier alpha value is -1.86. The molecular formula is C19H30N6. The van der Waals surface area contributed by atoms with Crippen molar-refractivity contribution < 1.29 is 0 Å². The van der Waals surface area contributed by atoms with E-state index in [1.54, 1.807) is 0 Å². The lowest BCUT2D eigenvalue weighted by molar-refractivity contribution is 0.557. The highest BCUT2D eigenvalue weighted by Gasteiger charge is 1.94. The molecule has 136 valence electrons. The van der Waals surface area contributed by atoms with E-state index in [0.29, 0.717) is 0 Å². The Bertz CT molecular complexity index is 485. The van der Waals surface area contributed by atoms with Crippen molar-refractivity contribution >= 4 is 0 Å². The summed E-state index contributed by atoms with van der Waals surface area (Å²) < 4.78 is 0. The number of rotatable bonds is 14. The van der Waals surface area contributed by atoms with E-state index >= 15 is 0 Å². The molecule has 0 radical (unpaired) electrons. The average Bonchev–Trinajstić information content (AvgIpc) is 2.67. The molecule has 6 heteroatoms. The molecule has 0 bridgehead atoms. The molecule has 0 saturated heterocycles. The minimum Gasteiger partial charge on any atom is -0.315 e. The molecule has 25 heavy (non-hydrogen) atoms. The highest BCUT2D eigenvalue weighted by molar-refractivity contribution is 5.03. The summed E-state index contributed by atoms with van der Waals surface area (Å²) in [4.78, 5) is 8.57. The van der Waals surface area contributed by atoms with Gasteiger partial charge in [0.1, 0.15) is 0 Å². The van der Waals surface area contributed by atoms with Crippen molar-refractivity contribution in [1.82, 2.24) is 31.2 Å². The molecule has 2 aromatic heterocycles. The van der Waals surface area contributed by atoms with Crippen LogP contribution in [-0.4, -0.2) is 49.2 Å². The fraction of sp³-hybridized carbons (Fsp3) is 0.474. The van der Waals surface area contributed by atoms with Gasteiger partial charge in [-0.1, -0.05) is 12.1 Å². The second-order valence-electron chi connectivity index (χ2n) is 5.85. The van der Waals surface area contributed by atoms with Crippen LogP contribution in [0.4, 0.5) is 0 Å². The Labute approximate surface area is 150 Å². The van der Waals surface area contributed by atoms with Crippen molar-refractivity contribution in [2.45, 2.75) is 19.5 Å². The summed E-state index contributed by atoms with van der Waals surface area (Å²) in [5.41, 5.74) is 2.17. The van der Waals surface area contributed by atoms with Crippen LogP contribution in [0.2, 0.25) is 0 Å². The van der Waals surface area contributed by atoms with Crippen LogP contribution in [0.1, 0.15) is 17.8 Å². The second kappa shape index (κ2) is 13.4. The normalized spacial score (nSPS) is 10.9. The van der Waals surface area contributed by atoms with Crippen LogP contribution < -0.4 is 21.3 Å². The van der Waals surface area contributed by atoms with Gasteiger partial charge in [0.25, 0.3) is 0 Å². The van der Waals surface area contributed by atoms with Gasteiger partial charge in [0.15, 0.2) is 0 Å². The van der Waals surface area contributed by atoms with Gasteiger partial charge in [-0.15, -0.1) is 0 Å². The van der Waals surface area contributed by atoms with Gasteiger partial charge in [0, 0.05) is 51.7 Å². The topological polar surface area (TPSA) is 73.9 Å². The van der Waals surface area contributed by atoms with E-state index in [9.17, 15) is 0 Å². The van der Waals surface area contributed by atoms with E-state index in [2.05, 4.69) is 31.2 Å². The zero-order valence-corrected chi connectivity index (χ0v) is 14.9. The van der Waals surface area contributed by atoms with Gasteiger partial charge in [0.05, 0.1) is 11.4 Å². The Morgan fingerprint density at radius 1 is 0.560 bits per heavy atom. The van der Waals surface area contributed by atoms with Crippen LogP contribution in [0.15, 0.2) is 48.8 Å². The number of hydrogen-bond donors (Lipinski definition) is 4. The molecular weight excluding hydrogens is 312 g/mol. The van der Waals surface area contributed by atoms with Crippen LogP contribution in [0, 0.1) is 0 Å². The van der Waals surface area contributed by atoms with Gasteiger partial charge < -0.3 is 21.3 Å². The predicted octanol–water partition coefficient (Wildman–Crippen LogP) is 0.925. The first-order valence-electron chi connectivity index (χ1n) is 9.08. The van der Waals surface area contributed by atoms with Gasteiger partial charge >= 0.3 is 0 Å². The van der Waals surface area contributed by atoms with Crippen molar-refractivity contribution in [2.24, 2.45) is 0 Å². The maximum atomic E-state index is 4.29.